The lowest BCUT2D eigenvalue weighted by atomic mass is 10.2. The van der Waals surface area contributed by atoms with E-state index in [1.807, 2.05) is 48.7 Å². The van der Waals surface area contributed by atoms with Gasteiger partial charge in [-0.2, -0.15) is 0 Å². The van der Waals surface area contributed by atoms with Gasteiger partial charge in [-0.1, -0.05) is 30.0 Å². The number of nitrogens with two attached hydrogens (primary N) is 1. The first-order valence-electron chi connectivity index (χ1n) is 6.41. The predicted molar refractivity (Wildman–Crippen MR) is 84.0 cm³/mol. The summed E-state index contributed by atoms with van der Waals surface area (Å²) in [5.41, 5.74) is 7.03. The minimum atomic E-state index is -0.0185. The second kappa shape index (κ2) is 6.90. The SMILES string of the molecule is CCN(C(=O)c1sccc1C#CCN)c1ccccc1. The molecule has 20 heavy (non-hydrogen) atoms. The molecule has 3 nitrogen and oxygen atoms in total. The van der Waals surface area contributed by atoms with Crippen LogP contribution < -0.4 is 10.6 Å². The molecule has 1 aromatic carbocycles. The first-order chi connectivity index (χ1) is 9.77. The van der Waals surface area contributed by atoms with Crippen LogP contribution in [0.4, 0.5) is 5.69 Å². The highest BCUT2D eigenvalue weighted by Gasteiger charge is 2.19. The third-order valence-corrected chi connectivity index (χ3v) is 3.72. The van der Waals surface area contributed by atoms with Crippen LogP contribution in [0.2, 0.25) is 0 Å². The van der Waals surface area contributed by atoms with E-state index in [1.54, 1.807) is 4.90 Å². The number of anilines is 1. The fourth-order valence-electron chi connectivity index (χ4n) is 1.89. The standard InChI is InChI=1S/C16H16N2OS/c1-2-18(14-8-4-3-5-9-14)16(19)15-13(7-6-11-17)10-12-20-15/h3-5,8-10,12H,2,11,17H2,1H3. The zero-order chi connectivity index (χ0) is 14.4. The lowest BCUT2D eigenvalue weighted by molar-refractivity contribution is 0.0992. The average Bonchev–Trinajstić information content (AvgIpc) is 2.95. The van der Waals surface area contributed by atoms with Crippen molar-refractivity contribution >= 4 is 22.9 Å². The summed E-state index contributed by atoms with van der Waals surface area (Å²) in [7, 11) is 0. The largest absolute Gasteiger partial charge is 0.320 e. The monoisotopic (exact) mass is 284 g/mol. The van der Waals surface area contributed by atoms with E-state index in [0.29, 0.717) is 18.0 Å². The van der Waals surface area contributed by atoms with Crippen LogP contribution in [0.15, 0.2) is 41.8 Å². The Labute approximate surface area is 123 Å². The molecule has 0 spiro atoms. The third-order valence-electron chi connectivity index (χ3n) is 2.81. The van der Waals surface area contributed by atoms with Crippen LogP contribution in [0.3, 0.4) is 0 Å². The number of carbonyl (C=O) groups excluding carboxylic acids is 1. The summed E-state index contributed by atoms with van der Waals surface area (Å²) in [6, 6.07) is 11.5. The van der Waals surface area contributed by atoms with E-state index in [2.05, 4.69) is 11.8 Å². The minimum Gasteiger partial charge on any atom is -0.320 e. The number of thiophene rings is 1. The van der Waals surface area contributed by atoms with Crippen molar-refractivity contribution in [3.63, 3.8) is 0 Å². The van der Waals surface area contributed by atoms with Crippen molar-refractivity contribution in [2.24, 2.45) is 5.73 Å². The Bertz CT molecular complexity index is 637. The van der Waals surface area contributed by atoms with Crippen molar-refractivity contribution in [1.29, 1.82) is 0 Å². The van der Waals surface area contributed by atoms with Crippen LogP contribution in [0.5, 0.6) is 0 Å². The first-order valence-corrected chi connectivity index (χ1v) is 7.29. The van der Waals surface area contributed by atoms with Gasteiger partial charge in [0, 0.05) is 17.8 Å². The van der Waals surface area contributed by atoms with Crippen LogP contribution >= 0.6 is 11.3 Å². The van der Waals surface area contributed by atoms with Crippen molar-refractivity contribution in [1.82, 2.24) is 0 Å². The van der Waals surface area contributed by atoms with Crippen molar-refractivity contribution in [2.75, 3.05) is 18.0 Å². The number of nitrogens with zero attached hydrogens (tertiary/aromatic N) is 1. The molecule has 0 saturated heterocycles. The number of benzene rings is 1. The molecule has 0 fully saturated rings. The molecule has 0 saturated carbocycles. The van der Waals surface area contributed by atoms with Crippen molar-refractivity contribution in [3.05, 3.63) is 52.2 Å². The van der Waals surface area contributed by atoms with Gasteiger partial charge in [0.15, 0.2) is 0 Å². The van der Waals surface area contributed by atoms with Crippen molar-refractivity contribution in [3.8, 4) is 11.8 Å². The molecule has 2 rings (SSSR count). The van der Waals surface area contributed by atoms with Gasteiger partial charge in [-0.25, -0.2) is 0 Å². The Morgan fingerprint density at radius 3 is 2.70 bits per heavy atom. The van der Waals surface area contributed by atoms with E-state index in [1.165, 1.54) is 11.3 Å². The molecule has 0 unspecified atom stereocenters. The molecule has 0 aliphatic rings. The molecular weight excluding hydrogens is 268 g/mol. The highest BCUT2D eigenvalue weighted by Crippen LogP contribution is 2.22. The first kappa shape index (κ1) is 14.3. The van der Waals surface area contributed by atoms with Crippen molar-refractivity contribution < 1.29 is 4.79 Å². The fourth-order valence-corrected chi connectivity index (χ4v) is 2.69. The smallest absolute Gasteiger partial charge is 0.269 e. The summed E-state index contributed by atoms with van der Waals surface area (Å²) in [6.45, 7) is 2.87. The molecular formula is C16H16N2OS. The van der Waals surface area contributed by atoms with E-state index in [0.717, 1.165) is 11.3 Å². The van der Waals surface area contributed by atoms with E-state index < -0.39 is 0 Å². The second-order valence-electron chi connectivity index (χ2n) is 4.05. The van der Waals surface area contributed by atoms with Gasteiger partial charge in [0.05, 0.1) is 6.54 Å². The summed E-state index contributed by atoms with van der Waals surface area (Å²) >= 11 is 1.41. The van der Waals surface area contributed by atoms with Crippen LogP contribution in [0, 0.1) is 11.8 Å². The van der Waals surface area contributed by atoms with Crippen LogP contribution in [-0.4, -0.2) is 19.0 Å². The van der Waals surface area contributed by atoms with E-state index >= 15 is 0 Å². The number of hydrogen-bond donors (Lipinski definition) is 1. The highest BCUT2D eigenvalue weighted by molar-refractivity contribution is 7.12. The number of carbonyl (C=O) groups is 1. The third kappa shape index (κ3) is 3.08. The molecule has 0 atom stereocenters. The lowest BCUT2D eigenvalue weighted by Crippen LogP contribution is -2.30. The van der Waals surface area contributed by atoms with E-state index in [9.17, 15) is 4.79 Å². The maximum Gasteiger partial charge on any atom is 0.269 e. The van der Waals surface area contributed by atoms with Crippen LogP contribution in [0.25, 0.3) is 0 Å². The number of para-hydroxylation sites is 1. The van der Waals surface area contributed by atoms with Gasteiger partial charge < -0.3 is 10.6 Å². The second-order valence-corrected chi connectivity index (χ2v) is 4.97. The highest BCUT2D eigenvalue weighted by atomic mass is 32.1. The van der Waals surface area contributed by atoms with Gasteiger partial charge in [0.25, 0.3) is 5.91 Å². The molecule has 102 valence electrons. The van der Waals surface area contributed by atoms with Gasteiger partial charge >= 0.3 is 0 Å². The Morgan fingerprint density at radius 2 is 2.05 bits per heavy atom. The zero-order valence-electron chi connectivity index (χ0n) is 11.3. The minimum absolute atomic E-state index is 0.0185. The Kier molecular flexibility index (Phi) is 4.94. The molecule has 1 amide bonds. The summed E-state index contributed by atoms with van der Waals surface area (Å²) in [6.07, 6.45) is 0. The molecule has 2 aromatic rings. The molecule has 2 N–H and O–H groups in total. The van der Waals surface area contributed by atoms with Gasteiger partial charge in [0.1, 0.15) is 4.88 Å². The average molecular weight is 284 g/mol. The number of amides is 1. The molecule has 0 bridgehead atoms. The molecule has 0 aliphatic carbocycles. The Balaban J connectivity index is 2.33. The Hall–Kier alpha value is -2.09. The van der Waals surface area contributed by atoms with E-state index in [4.69, 9.17) is 5.73 Å². The molecule has 0 aliphatic heterocycles. The summed E-state index contributed by atoms with van der Waals surface area (Å²) in [5.74, 6) is 5.73. The van der Waals surface area contributed by atoms with Crippen LogP contribution in [-0.2, 0) is 0 Å². The number of rotatable bonds is 3. The number of hydrogen-bond acceptors (Lipinski definition) is 3. The van der Waals surface area contributed by atoms with Gasteiger partial charge in [-0.15, -0.1) is 11.3 Å². The lowest BCUT2D eigenvalue weighted by Gasteiger charge is -2.20. The van der Waals surface area contributed by atoms with Crippen molar-refractivity contribution in [2.45, 2.75) is 6.92 Å². The van der Waals surface area contributed by atoms with Gasteiger partial charge in [-0.3, -0.25) is 4.79 Å². The summed E-state index contributed by atoms with van der Waals surface area (Å²) in [4.78, 5) is 15.1. The molecule has 1 heterocycles. The molecule has 0 radical (unpaired) electrons. The maximum absolute atomic E-state index is 12.7. The zero-order valence-corrected chi connectivity index (χ0v) is 12.1. The quantitative estimate of drug-likeness (QED) is 0.881. The predicted octanol–water partition coefficient (Wildman–Crippen LogP) is 2.73. The maximum atomic E-state index is 12.7. The molecule has 1 aromatic heterocycles. The van der Waals surface area contributed by atoms with Crippen LogP contribution in [0.1, 0.15) is 22.2 Å². The topological polar surface area (TPSA) is 46.3 Å². The van der Waals surface area contributed by atoms with E-state index in [-0.39, 0.29) is 5.91 Å². The molecule has 4 heteroatoms. The summed E-state index contributed by atoms with van der Waals surface area (Å²) in [5, 5.41) is 1.88. The normalized spacial score (nSPS) is 9.70. The van der Waals surface area contributed by atoms with Gasteiger partial charge in [0.2, 0.25) is 0 Å². The van der Waals surface area contributed by atoms with Gasteiger partial charge in [-0.05, 0) is 30.5 Å². The fraction of sp³-hybridized carbons (Fsp3) is 0.188. The Morgan fingerprint density at radius 1 is 1.30 bits per heavy atom. The summed E-state index contributed by atoms with van der Waals surface area (Å²) < 4.78 is 0.